The molecule has 0 bridgehead atoms. The molecule has 102 valence electrons. The van der Waals surface area contributed by atoms with E-state index in [9.17, 15) is 12.8 Å². The van der Waals surface area contributed by atoms with E-state index in [4.69, 9.17) is 0 Å². The Kier molecular flexibility index (Phi) is 3.91. The van der Waals surface area contributed by atoms with Crippen LogP contribution < -0.4 is 5.32 Å². The summed E-state index contributed by atoms with van der Waals surface area (Å²) >= 11 is 1.56. The van der Waals surface area contributed by atoms with Crippen LogP contribution in [0.4, 0.5) is 10.1 Å². The molecule has 0 saturated heterocycles. The van der Waals surface area contributed by atoms with Crippen LogP contribution in [0.1, 0.15) is 17.8 Å². The topological polar surface area (TPSA) is 46.2 Å². The summed E-state index contributed by atoms with van der Waals surface area (Å²) < 4.78 is 36.6. The van der Waals surface area contributed by atoms with Gasteiger partial charge < -0.3 is 5.32 Å². The van der Waals surface area contributed by atoms with E-state index in [1.807, 2.05) is 24.4 Å². The maximum absolute atomic E-state index is 13.7. The van der Waals surface area contributed by atoms with E-state index in [0.717, 1.165) is 11.1 Å². The van der Waals surface area contributed by atoms with Crippen LogP contribution >= 0.6 is 11.3 Å². The van der Waals surface area contributed by atoms with Crippen molar-refractivity contribution in [3.8, 4) is 0 Å². The smallest absolute Gasteiger partial charge is 0.175 e. The standard InChI is InChI=1S/C13H14FNO2S2/c1-9(13-4-3-7-18-13)15-12-8-10(19(2,16)17)5-6-11(12)14/h3-9,15H,1-2H3. The van der Waals surface area contributed by atoms with Gasteiger partial charge in [-0.05, 0) is 36.6 Å². The van der Waals surface area contributed by atoms with Crippen molar-refractivity contribution in [2.24, 2.45) is 0 Å². The minimum atomic E-state index is -3.34. The highest BCUT2D eigenvalue weighted by atomic mass is 32.2. The Bertz CT molecular complexity index is 666. The third-order valence-corrected chi connectivity index (χ3v) is 4.87. The van der Waals surface area contributed by atoms with Gasteiger partial charge in [0.25, 0.3) is 0 Å². The number of sulfone groups is 1. The lowest BCUT2D eigenvalue weighted by Crippen LogP contribution is -2.08. The Morgan fingerprint density at radius 3 is 2.63 bits per heavy atom. The quantitative estimate of drug-likeness (QED) is 0.879. The highest BCUT2D eigenvalue weighted by Crippen LogP contribution is 2.26. The second-order valence-electron chi connectivity index (χ2n) is 4.30. The molecule has 6 heteroatoms. The van der Waals surface area contributed by atoms with Crippen molar-refractivity contribution < 1.29 is 12.8 Å². The van der Waals surface area contributed by atoms with Gasteiger partial charge in [-0.1, -0.05) is 6.07 Å². The highest BCUT2D eigenvalue weighted by molar-refractivity contribution is 7.90. The molecular formula is C13H14FNO2S2. The number of rotatable bonds is 4. The van der Waals surface area contributed by atoms with Crippen LogP contribution in [-0.4, -0.2) is 14.7 Å². The molecule has 0 saturated carbocycles. The van der Waals surface area contributed by atoms with Crippen LogP contribution in [0, 0.1) is 5.82 Å². The summed E-state index contributed by atoms with van der Waals surface area (Å²) in [6.07, 6.45) is 1.10. The van der Waals surface area contributed by atoms with Crippen LogP contribution in [0.25, 0.3) is 0 Å². The van der Waals surface area contributed by atoms with E-state index in [1.54, 1.807) is 11.3 Å². The zero-order valence-electron chi connectivity index (χ0n) is 10.6. The number of thiophene rings is 1. The van der Waals surface area contributed by atoms with Gasteiger partial charge in [-0.25, -0.2) is 12.8 Å². The first-order chi connectivity index (χ1) is 8.88. The predicted octanol–water partition coefficient (Wildman–Crippen LogP) is 3.46. The maximum atomic E-state index is 13.7. The molecule has 2 aromatic rings. The highest BCUT2D eigenvalue weighted by Gasteiger charge is 2.13. The summed E-state index contributed by atoms with van der Waals surface area (Å²) in [5.74, 6) is -0.462. The molecule has 0 fully saturated rings. The lowest BCUT2D eigenvalue weighted by atomic mass is 10.2. The van der Waals surface area contributed by atoms with Gasteiger partial charge in [0.1, 0.15) is 5.82 Å². The van der Waals surface area contributed by atoms with Crippen molar-refractivity contribution >= 4 is 26.9 Å². The molecule has 19 heavy (non-hydrogen) atoms. The van der Waals surface area contributed by atoms with E-state index in [0.29, 0.717) is 0 Å². The first-order valence-corrected chi connectivity index (χ1v) is 8.44. The summed E-state index contributed by atoms with van der Waals surface area (Å²) in [6.45, 7) is 1.90. The fourth-order valence-corrected chi connectivity index (χ4v) is 3.07. The van der Waals surface area contributed by atoms with E-state index >= 15 is 0 Å². The normalized spacial score (nSPS) is 13.2. The molecule has 1 aromatic heterocycles. The number of hydrogen-bond acceptors (Lipinski definition) is 4. The second-order valence-corrected chi connectivity index (χ2v) is 7.29. The SMILES string of the molecule is CC(Nc1cc(S(C)(=O)=O)ccc1F)c1cccs1. The molecule has 0 radical (unpaired) electrons. The van der Waals surface area contributed by atoms with Crippen LogP contribution in [0.2, 0.25) is 0 Å². The van der Waals surface area contributed by atoms with Crippen molar-refractivity contribution in [2.45, 2.75) is 17.9 Å². The molecule has 0 aliphatic rings. The summed E-state index contributed by atoms with van der Waals surface area (Å²) in [7, 11) is -3.34. The molecule has 1 unspecified atom stereocenters. The molecular weight excluding hydrogens is 285 g/mol. The molecule has 1 N–H and O–H groups in total. The van der Waals surface area contributed by atoms with Gasteiger partial charge in [0.2, 0.25) is 0 Å². The fourth-order valence-electron chi connectivity index (χ4n) is 1.69. The van der Waals surface area contributed by atoms with Gasteiger partial charge in [-0.15, -0.1) is 11.3 Å². The van der Waals surface area contributed by atoms with Crippen molar-refractivity contribution in [1.29, 1.82) is 0 Å². The average Bonchev–Trinajstić information content (AvgIpc) is 2.84. The summed E-state index contributed by atoms with van der Waals surface area (Å²) in [5.41, 5.74) is 0.198. The third-order valence-electron chi connectivity index (χ3n) is 2.71. The number of anilines is 1. The summed E-state index contributed by atoms with van der Waals surface area (Å²) in [4.78, 5) is 1.17. The number of nitrogens with one attached hydrogen (secondary N) is 1. The van der Waals surface area contributed by atoms with Crippen molar-refractivity contribution in [3.63, 3.8) is 0 Å². The van der Waals surface area contributed by atoms with Gasteiger partial charge in [0.15, 0.2) is 9.84 Å². The van der Waals surface area contributed by atoms with Crippen molar-refractivity contribution in [3.05, 3.63) is 46.4 Å². The Morgan fingerprint density at radius 1 is 1.32 bits per heavy atom. The van der Waals surface area contributed by atoms with Crippen LogP contribution in [0.5, 0.6) is 0 Å². The Morgan fingerprint density at radius 2 is 2.05 bits per heavy atom. The first kappa shape index (κ1) is 14.0. The third kappa shape index (κ3) is 3.33. The van der Waals surface area contributed by atoms with Gasteiger partial charge >= 0.3 is 0 Å². The molecule has 1 heterocycles. The van der Waals surface area contributed by atoms with Gasteiger partial charge in [-0.3, -0.25) is 0 Å². The predicted molar refractivity (Wildman–Crippen MR) is 75.9 cm³/mol. The zero-order chi connectivity index (χ0) is 14.0. The largest absolute Gasteiger partial charge is 0.375 e. The summed E-state index contributed by atoms with van der Waals surface area (Å²) in [6, 6.07) is 7.55. The lowest BCUT2D eigenvalue weighted by molar-refractivity contribution is 0.600. The van der Waals surface area contributed by atoms with Crippen molar-refractivity contribution in [1.82, 2.24) is 0 Å². The van der Waals surface area contributed by atoms with E-state index in [-0.39, 0.29) is 16.6 Å². The monoisotopic (exact) mass is 299 g/mol. The van der Waals surface area contributed by atoms with E-state index < -0.39 is 15.7 Å². The molecule has 0 spiro atoms. The van der Waals surface area contributed by atoms with Gasteiger partial charge in [0.05, 0.1) is 16.6 Å². The van der Waals surface area contributed by atoms with Crippen LogP contribution in [0.15, 0.2) is 40.6 Å². The van der Waals surface area contributed by atoms with Crippen LogP contribution in [0.3, 0.4) is 0 Å². The first-order valence-electron chi connectivity index (χ1n) is 5.67. The molecule has 0 amide bonds. The average molecular weight is 299 g/mol. The second kappa shape index (κ2) is 5.30. The molecule has 0 aliphatic carbocycles. The summed E-state index contributed by atoms with van der Waals surface area (Å²) in [5, 5.41) is 4.94. The zero-order valence-corrected chi connectivity index (χ0v) is 12.2. The molecule has 1 atom stereocenters. The molecule has 2 rings (SSSR count). The Balaban J connectivity index is 2.30. The van der Waals surface area contributed by atoms with Crippen molar-refractivity contribution in [2.75, 3.05) is 11.6 Å². The minimum absolute atomic E-state index is 0.0793. The van der Waals surface area contributed by atoms with Crippen LogP contribution in [-0.2, 0) is 9.84 Å². The van der Waals surface area contributed by atoms with Gasteiger partial charge in [-0.2, -0.15) is 0 Å². The minimum Gasteiger partial charge on any atom is -0.375 e. The number of hydrogen-bond donors (Lipinski definition) is 1. The molecule has 0 aliphatic heterocycles. The van der Waals surface area contributed by atoms with Gasteiger partial charge in [0, 0.05) is 11.1 Å². The Labute approximate surface area is 116 Å². The number of benzene rings is 1. The van der Waals surface area contributed by atoms with E-state index in [2.05, 4.69) is 5.32 Å². The Hall–Kier alpha value is -1.40. The maximum Gasteiger partial charge on any atom is 0.175 e. The van der Waals surface area contributed by atoms with E-state index in [1.165, 1.54) is 18.2 Å². The molecule has 1 aromatic carbocycles. The lowest BCUT2D eigenvalue weighted by Gasteiger charge is -2.15. The fraction of sp³-hybridized carbons (Fsp3) is 0.231. The molecule has 3 nitrogen and oxygen atoms in total. The number of halogens is 1.